The SMILES string of the molecule is BN[C@H](Cc1ccc(-c2cnc(N)c(C(=O)Nc3cnccc3N3CCOCC3)n2)cc1)C(=O)O. The highest BCUT2D eigenvalue weighted by Crippen LogP contribution is 2.27. The van der Waals surface area contributed by atoms with Crippen molar-refractivity contribution in [3.8, 4) is 11.3 Å². The monoisotopic (exact) mass is 475 g/mol. The number of aliphatic carboxylic acids is 1. The number of ether oxygens (including phenoxy) is 1. The molecular formula is C23H26BN7O4. The minimum atomic E-state index is -0.915. The number of nitrogens with two attached hydrogens (primary N) is 1. The zero-order valence-corrected chi connectivity index (χ0v) is 19.3. The van der Waals surface area contributed by atoms with Gasteiger partial charge in [-0.1, -0.05) is 24.3 Å². The number of anilines is 3. The van der Waals surface area contributed by atoms with Crippen LogP contribution in [-0.4, -0.2) is 72.3 Å². The Morgan fingerprint density at radius 3 is 2.60 bits per heavy atom. The molecule has 0 unspecified atom stereocenters. The number of hydrogen-bond acceptors (Lipinski definition) is 9. The van der Waals surface area contributed by atoms with Gasteiger partial charge in [-0.15, -0.1) is 0 Å². The fraction of sp³-hybridized carbons (Fsp3) is 0.261. The second kappa shape index (κ2) is 10.9. The fourth-order valence-electron chi connectivity index (χ4n) is 3.81. The van der Waals surface area contributed by atoms with Crippen LogP contribution in [0.3, 0.4) is 0 Å². The Morgan fingerprint density at radius 2 is 1.91 bits per heavy atom. The lowest BCUT2D eigenvalue weighted by Gasteiger charge is -2.30. The summed E-state index contributed by atoms with van der Waals surface area (Å²) < 4.78 is 5.42. The number of carbonyl (C=O) groups is 2. The highest BCUT2D eigenvalue weighted by Gasteiger charge is 2.20. The van der Waals surface area contributed by atoms with Crippen LogP contribution in [0.1, 0.15) is 16.1 Å². The number of pyridine rings is 1. The predicted molar refractivity (Wildman–Crippen MR) is 134 cm³/mol. The largest absolute Gasteiger partial charge is 0.480 e. The van der Waals surface area contributed by atoms with E-state index < -0.39 is 17.9 Å². The van der Waals surface area contributed by atoms with Gasteiger partial charge in [0.1, 0.15) is 0 Å². The lowest BCUT2D eigenvalue weighted by Crippen LogP contribution is -2.36. The second-order valence-corrected chi connectivity index (χ2v) is 8.02. The van der Waals surface area contributed by atoms with Crippen molar-refractivity contribution in [2.45, 2.75) is 12.5 Å². The third-order valence-electron chi connectivity index (χ3n) is 5.75. The maximum absolute atomic E-state index is 13.1. The van der Waals surface area contributed by atoms with E-state index in [-0.39, 0.29) is 11.5 Å². The number of rotatable bonds is 8. The van der Waals surface area contributed by atoms with E-state index in [4.69, 9.17) is 10.5 Å². The van der Waals surface area contributed by atoms with Crippen LogP contribution in [0.15, 0.2) is 48.9 Å². The molecule has 1 aliphatic heterocycles. The number of carboxylic acid groups (broad SMARTS) is 1. The first kappa shape index (κ1) is 24.1. The maximum atomic E-state index is 13.1. The van der Waals surface area contributed by atoms with Crippen molar-refractivity contribution < 1.29 is 19.4 Å². The van der Waals surface area contributed by atoms with E-state index >= 15 is 0 Å². The first-order valence-electron chi connectivity index (χ1n) is 11.2. The molecule has 4 rings (SSSR count). The molecule has 2 aromatic heterocycles. The summed E-state index contributed by atoms with van der Waals surface area (Å²) in [5.74, 6) is -1.39. The Labute approximate surface area is 203 Å². The molecule has 1 atom stereocenters. The van der Waals surface area contributed by atoms with E-state index in [1.54, 1.807) is 20.4 Å². The second-order valence-electron chi connectivity index (χ2n) is 8.02. The van der Waals surface area contributed by atoms with Gasteiger partial charge >= 0.3 is 5.97 Å². The summed E-state index contributed by atoms with van der Waals surface area (Å²) in [6.07, 6.45) is 5.10. The number of hydrogen-bond donors (Lipinski definition) is 4. The highest BCUT2D eigenvalue weighted by atomic mass is 16.5. The average Bonchev–Trinajstić information content (AvgIpc) is 2.88. The number of nitrogen functional groups attached to an aromatic ring is 1. The average molecular weight is 475 g/mol. The van der Waals surface area contributed by atoms with E-state index in [0.29, 0.717) is 44.1 Å². The third kappa shape index (κ3) is 5.73. The predicted octanol–water partition coefficient (Wildman–Crippen LogP) is 0.343. The third-order valence-corrected chi connectivity index (χ3v) is 5.75. The molecular weight excluding hydrogens is 449 g/mol. The summed E-state index contributed by atoms with van der Waals surface area (Å²) in [5.41, 5.74) is 9.43. The van der Waals surface area contributed by atoms with Crippen LogP contribution in [0.5, 0.6) is 0 Å². The molecule has 1 amide bonds. The van der Waals surface area contributed by atoms with Crippen molar-refractivity contribution in [3.63, 3.8) is 0 Å². The van der Waals surface area contributed by atoms with Crippen LogP contribution in [0.2, 0.25) is 0 Å². The molecule has 1 saturated heterocycles. The Kier molecular flexibility index (Phi) is 7.53. The molecule has 11 nitrogen and oxygen atoms in total. The lowest BCUT2D eigenvalue weighted by molar-refractivity contribution is -0.138. The molecule has 1 aliphatic rings. The number of carbonyl (C=O) groups excluding carboxylic acids is 1. The minimum absolute atomic E-state index is 0.00415. The molecule has 0 spiro atoms. The Bertz CT molecular complexity index is 1200. The smallest absolute Gasteiger partial charge is 0.320 e. The zero-order chi connectivity index (χ0) is 24.8. The molecule has 0 radical (unpaired) electrons. The molecule has 1 aromatic carbocycles. The van der Waals surface area contributed by atoms with E-state index in [1.165, 1.54) is 6.20 Å². The number of nitrogens with one attached hydrogen (secondary N) is 2. The molecule has 35 heavy (non-hydrogen) atoms. The summed E-state index contributed by atoms with van der Waals surface area (Å²) in [6, 6.07) is 8.43. The molecule has 0 bridgehead atoms. The molecule has 3 aromatic rings. The van der Waals surface area contributed by atoms with Gasteiger partial charge in [0.2, 0.25) is 0 Å². The molecule has 1 fully saturated rings. The summed E-state index contributed by atoms with van der Waals surface area (Å²) in [7, 11) is 1.61. The van der Waals surface area contributed by atoms with Crippen LogP contribution < -0.4 is 21.2 Å². The van der Waals surface area contributed by atoms with E-state index in [9.17, 15) is 14.7 Å². The lowest BCUT2D eigenvalue weighted by atomic mass is 10.0. The summed E-state index contributed by atoms with van der Waals surface area (Å²) in [5, 5.41) is 14.9. The normalized spacial score (nSPS) is 14.3. The number of benzene rings is 1. The van der Waals surface area contributed by atoms with Gasteiger partial charge in [0.15, 0.2) is 19.5 Å². The van der Waals surface area contributed by atoms with Gasteiger partial charge in [-0.2, -0.15) is 0 Å². The quantitative estimate of drug-likeness (QED) is 0.335. The van der Waals surface area contributed by atoms with E-state index in [1.807, 2.05) is 30.3 Å². The number of morpholine rings is 1. The Balaban J connectivity index is 1.53. The minimum Gasteiger partial charge on any atom is -0.480 e. The first-order valence-corrected chi connectivity index (χ1v) is 11.2. The number of aromatic nitrogens is 3. The van der Waals surface area contributed by atoms with Crippen molar-refractivity contribution in [1.29, 1.82) is 0 Å². The van der Waals surface area contributed by atoms with Crippen LogP contribution >= 0.6 is 0 Å². The number of amides is 1. The summed E-state index contributed by atoms with van der Waals surface area (Å²) in [6.45, 7) is 2.64. The molecule has 12 heteroatoms. The van der Waals surface area contributed by atoms with Gasteiger partial charge in [0.05, 0.1) is 48.7 Å². The maximum Gasteiger partial charge on any atom is 0.320 e. The fourth-order valence-corrected chi connectivity index (χ4v) is 3.81. The van der Waals surface area contributed by atoms with Crippen molar-refractivity contribution >= 4 is 37.1 Å². The molecule has 0 aliphatic carbocycles. The van der Waals surface area contributed by atoms with Gasteiger partial charge in [0.25, 0.3) is 5.91 Å². The van der Waals surface area contributed by atoms with Gasteiger partial charge in [-0.3, -0.25) is 14.6 Å². The summed E-state index contributed by atoms with van der Waals surface area (Å²) in [4.78, 5) is 39.2. The van der Waals surface area contributed by atoms with Gasteiger partial charge in [0, 0.05) is 24.8 Å². The standard InChI is InChI=1S/C23H26BN7O4/c24-30-16(23(33)34)11-14-1-3-15(4-2-14)17-13-27-21(25)20(28-17)22(32)29-18-12-26-6-5-19(18)31-7-9-35-10-8-31/h1-6,12-13,16,30H,7-11,24H2,(H2,25,27)(H,29,32)(H,33,34)/t16-/m1/s1. The zero-order valence-electron chi connectivity index (χ0n) is 19.3. The van der Waals surface area contributed by atoms with E-state index in [2.05, 4.69) is 30.4 Å². The van der Waals surface area contributed by atoms with Crippen LogP contribution in [0, 0.1) is 0 Å². The highest BCUT2D eigenvalue weighted by molar-refractivity contribution is 6.07. The Morgan fingerprint density at radius 1 is 1.17 bits per heavy atom. The topological polar surface area (TPSA) is 156 Å². The van der Waals surface area contributed by atoms with Gasteiger partial charge < -0.3 is 31.0 Å². The Hall–Kier alpha value is -4.03. The molecule has 0 saturated carbocycles. The first-order chi connectivity index (χ1) is 17.0. The van der Waals surface area contributed by atoms with Gasteiger partial charge in [-0.25, -0.2) is 9.97 Å². The molecule has 3 heterocycles. The van der Waals surface area contributed by atoms with Crippen LogP contribution in [0.25, 0.3) is 11.3 Å². The van der Waals surface area contributed by atoms with Crippen LogP contribution in [-0.2, 0) is 16.0 Å². The van der Waals surface area contributed by atoms with Crippen molar-refractivity contribution in [1.82, 2.24) is 20.2 Å². The number of carboxylic acids is 1. The molecule has 180 valence electrons. The molecule has 5 N–H and O–H groups in total. The van der Waals surface area contributed by atoms with Crippen molar-refractivity contribution in [2.24, 2.45) is 0 Å². The van der Waals surface area contributed by atoms with Crippen LogP contribution in [0.4, 0.5) is 17.2 Å². The van der Waals surface area contributed by atoms with Gasteiger partial charge in [-0.05, 0) is 18.1 Å². The summed E-state index contributed by atoms with van der Waals surface area (Å²) >= 11 is 0. The van der Waals surface area contributed by atoms with E-state index in [0.717, 1.165) is 16.8 Å². The number of nitrogens with zero attached hydrogens (tertiary/aromatic N) is 4. The van der Waals surface area contributed by atoms with Crippen molar-refractivity contribution in [3.05, 3.63) is 60.2 Å². The van der Waals surface area contributed by atoms with Crippen molar-refractivity contribution in [2.75, 3.05) is 42.3 Å².